The molecule has 0 fully saturated rings. The van der Waals surface area contributed by atoms with E-state index in [9.17, 15) is 4.79 Å². The molecule has 0 aliphatic carbocycles. The van der Waals surface area contributed by atoms with Crippen molar-refractivity contribution in [2.75, 3.05) is 6.79 Å². The molecule has 0 saturated heterocycles. The number of nitrogens with zero attached hydrogens (tertiary/aromatic N) is 2. The molecule has 3 rings (SSSR count). The summed E-state index contributed by atoms with van der Waals surface area (Å²) in [7, 11) is 0. The maximum absolute atomic E-state index is 11.4. The molecule has 0 amide bonds. The number of aromatic nitrogens is 2. The lowest BCUT2D eigenvalue weighted by Crippen LogP contribution is -2.14. The molecular formula is C15H14N2O4. The first-order valence-electron chi connectivity index (χ1n) is 6.41. The van der Waals surface area contributed by atoms with Gasteiger partial charge in [0, 0.05) is 24.9 Å². The SMILES string of the molecule is C=C(C(OC(C)=O)c1ccc2c(c1)OCO2)n1cccn1. The van der Waals surface area contributed by atoms with Gasteiger partial charge >= 0.3 is 5.97 Å². The van der Waals surface area contributed by atoms with E-state index in [0.717, 1.165) is 5.56 Å². The summed E-state index contributed by atoms with van der Waals surface area (Å²) in [4.78, 5) is 11.4. The van der Waals surface area contributed by atoms with Gasteiger partial charge in [0.05, 0.1) is 5.70 Å². The number of rotatable bonds is 4. The number of carbonyl (C=O) groups excluding carboxylic acids is 1. The molecule has 0 bridgehead atoms. The van der Waals surface area contributed by atoms with Gasteiger partial charge in [0.15, 0.2) is 17.6 Å². The highest BCUT2D eigenvalue weighted by Crippen LogP contribution is 2.37. The molecule has 1 aliphatic rings. The molecule has 0 saturated carbocycles. The second-order valence-corrected chi connectivity index (χ2v) is 4.54. The Balaban J connectivity index is 1.95. The summed E-state index contributed by atoms with van der Waals surface area (Å²) in [6.07, 6.45) is 2.73. The molecule has 0 N–H and O–H groups in total. The van der Waals surface area contributed by atoms with Crippen molar-refractivity contribution >= 4 is 11.7 Å². The van der Waals surface area contributed by atoms with Crippen LogP contribution in [0.25, 0.3) is 5.70 Å². The number of hydrogen-bond donors (Lipinski definition) is 0. The van der Waals surface area contributed by atoms with Gasteiger partial charge in [0.2, 0.25) is 6.79 Å². The lowest BCUT2D eigenvalue weighted by atomic mass is 10.1. The quantitative estimate of drug-likeness (QED) is 0.807. The number of hydrogen-bond acceptors (Lipinski definition) is 5. The van der Waals surface area contributed by atoms with E-state index in [4.69, 9.17) is 14.2 Å². The highest BCUT2D eigenvalue weighted by molar-refractivity contribution is 5.68. The monoisotopic (exact) mass is 286 g/mol. The molecule has 1 aromatic carbocycles. The first-order valence-corrected chi connectivity index (χ1v) is 6.41. The first-order chi connectivity index (χ1) is 10.1. The molecule has 2 heterocycles. The average Bonchev–Trinajstić information content (AvgIpc) is 3.13. The highest BCUT2D eigenvalue weighted by atomic mass is 16.7. The van der Waals surface area contributed by atoms with Crippen LogP contribution in [0, 0.1) is 0 Å². The van der Waals surface area contributed by atoms with E-state index in [-0.39, 0.29) is 6.79 Å². The third kappa shape index (κ3) is 2.60. The minimum atomic E-state index is -0.642. The van der Waals surface area contributed by atoms with Crippen molar-refractivity contribution in [1.82, 2.24) is 9.78 Å². The Morgan fingerprint density at radius 1 is 1.43 bits per heavy atom. The van der Waals surface area contributed by atoms with E-state index in [1.165, 1.54) is 6.92 Å². The topological polar surface area (TPSA) is 62.6 Å². The van der Waals surface area contributed by atoms with E-state index in [0.29, 0.717) is 17.2 Å². The molecule has 0 radical (unpaired) electrons. The molecule has 1 unspecified atom stereocenters. The standard InChI is InChI=1S/C15H14N2O4/c1-10(17-7-3-6-16-17)15(21-11(2)18)12-4-5-13-14(8-12)20-9-19-13/h3-8,15H,1,9H2,2H3. The molecule has 108 valence electrons. The zero-order chi connectivity index (χ0) is 14.8. The van der Waals surface area contributed by atoms with E-state index >= 15 is 0 Å². The minimum Gasteiger partial charge on any atom is -0.454 e. The fourth-order valence-electron chi connectivity index (χ4n) is 2.13. The fourth-order valence-corrected chi connectivity index (χ4v) is 2.13. The number of esters is 1. The second-order valence-electron chi connectivity index (χ2n) is 4.54. The molecule has 1 aromatic heterocycles. The summed E-state index contributed by atoms with van der Waals surface area (Å²) in [6.45, 7) is 5.52. The second kappa shape index (κ2) is 5.32. The van der Waals surface area contributed by atoms with Crippen LogP contribution in [-0.4, -0.2) is 22.5 Å². The molecule has 1 atom stereocenters. The van der Waals surface area contributed by atoms with Crippen molar-refractivity contribution in [3.05, 3.63) is 48.8 Å². The Morgan fingerprint density at radius 3 is 2.95 bits per heavy atom. The minimum absolute atomic E-state index is 0.192. The molecule has 21 heavy (non-hydrogen) atoms. The molecule has 6 nitrogen and oxygen atoms in total. The molecule has 2 aromatic rings. The summed E-state index contributed by atoms with van der Waals surface area (Å²) in [6, 6.07) is 7.15. The third-order valence-electron chi connectivity index (χ3n) is 3.08. The van der Waals surface area contributed by atoms with Crippen molar-refractivity contribution in [2.45, 2.75) is 13.0 Å². The van der Waals surface area contributed by atoms with Crippen molar-refractivity contribution in [1.29, 1.82) is 0 Å². The van der Waals surface area contributed by atoms with Crippen LogP contribution < -0.4 is 9.47 Å². The van der Waals surface area contributed by atoms with Gasteiger partial charge in [-0.1, -0.05) is 12.6 Å². The van der Waals surface area contributed by atoms with Gasteiger partial charge in [0.1, 0.15) is 0 Å². The van der Waals surface area contributed by atoms with Crippen LogP contribution >= 0.6 is 0 Å². The Hall–Kier alpha value is -2.76. The normalized spacial score (nSPS) is 13.8. The van der Waals surface area contributed by atoms with Gasteiger partial charge in [0.25, 0.3) is 0 Å². The molecule has 6 heteroatoms. The summed E-state index contributed by atoms with van der Waals surface area (Å²) in [5, 5.41) is 4.11. The fraction of sp³-hybridized carbons (Fsp3) is 0.200. The summed E-state index contributed by atoms with van der Waals surface area (Å²) < 4.78 is 17.6. The molecule has 1 aliphatic heterocycles. The lowest BCUT2D eigenvalue weighted by molar-refractivity contribution is -0.144. The van der Waals surface area contributed by atoms with Crippen LogP contribution in [-0.2, 0) is 9.53 Å². The van der Waals surface area contributed by atoms with Gasteiger partial charge in [-0.2, -0.15) is 5.10 Å². The highest BCUT2D eigenvalue weighted by Gasteiger charge is 2.23. The Morgan fingerprint density at radius 2 is 2.24 bits per heavy atom. The van der Waals surface area contributed by atoms with Gasteiger partial charge in [-0.25, -0.2) is 4.68 Å². The average molecular weight is 286 g/mol. The van der Waals surface area contributed by atoms with Crippen LogP contribution in [0.2, 0.25) is 0 Å². The van der Waals surface area contributed by atoms with Gasteiger partial charge in [-0.05, 0) is 18.2 Å². The number of ether oxygens (including phenoxy) is 3. The predicted molar refractivity (Wildman–Crippen MR) is 74.6 cm³/mol. The maximum atomic E-state index is 11.4. The molecular weight excluding hydrogens is 272 g/mol. The number of carbonyl (C=O) groups is 1. The van der Waals surface area contributed by atoms with Crippen molar-refractivity contribution in [3.63, 3.8) is 0 Å². The van der Waals surface area contributed by atoms with Crippen molar-refractivity contribution < 1.29 is 19.0 Å². The van der Waals surface area contributed by atoms with E-state index in [1.807, 2.05) is 6.07 Å². The Bertz CT molecular complexity index is 679. The number of fused-ring (bicyclic) bond motifs is 1. The van der Waals surface area contributed by atoms with Crippen molar-refractivity contribution in [3.8, 4) is 11.5 Å². The van der Waals surface area contributed by atoms with Crippen molar-refractivity contribution in [2.24, 2.45) is 0 Å². The van der Waals surface area contributed by atoms with E-state index < -0.39 is 12.1 Å². The Labute approximate surface area is 121 Å². The zero-order valence-electron chi connectivity index (χ0n) is 11.5. The largest absolute Gasteiger partial charge is 0.454 e. The first kappa shape index (κ1) is 13.2. The zero-order valence-corrected chi connectivity index (χ0v) is 11.5. The smallest absolute Gasteiger partial charge is 0.303 e. The summed E-state index contributed by atoms with van der Waals surface area (Å²) >= 11 is 0. The van der Waals surface area contributed by atoms with Crippen LogP contribution in [0.3, 0.4) is 0 Å². The van der Waals surface area contributed by atoms with Gasteiger partial charge in [-0.3, -0.25) is 4.79 Å². The van der Waals surface area contributed by atoms with E-state index in [2.05, 4.69) is 11.7 Å². The Kier molecular flexibility index (Phi) is 3.35. The van der Waals surface area contributed by atoms with Gasteiger partial charge in [-0.15, -0.1) is 0 Å². The third-order valence-corrected chi connectivity index (χ3v) is 3.08. The van der Waals surface area contributed by atoms with Crippen LogP contribution in [0.4, 0.5) is 0 Å². The predicted octanol–water partition coefficient (Wildman–Crippen LogP) is 2.39. The summed E-state index contributed by atoms with van der Waals surface area (Å²) in [5.41, 5.74) is 1.28. The van der Waals surface area contributed by atoms with Crippen LogP contribution in [0.15, 0.2) is 43.2 Å². The summed E-state index contributed by atoms with van der Waals surface area (Å²) in [5.74, 6) is 0.897. The lowest BCUT2D eigenvalue weighted by Gasteiger charge is -2.20. The van der Waals surface area contributed by atoms with E-state index in [1.54, 1.807) is 35.3 Å². The van der Waals surface area contributed by atoms with Gasteiger partial charge < -0.3 is 14.2 Å². The molecule has 0 spiro atoms. The van der Waals surface area contributed by atoms with Crippen LogP contribution in [0.1, 0.15) is 18.6 Å². The van der Waals surface area contributed by atoms with Crippen LogP contribution in [0.5, 0.6) is 11.5 Å². The number of benzene rings is 1. The maximum Gasteiger partial charge on any atom is 0.303 e.